The Labute approximate surface area is 221 Å². The summed E-state index contributed by atoms with van der Waals surface area (Å²) in [6.07, 6.45) is 1.64. The lowest BCUT2D eigenvalue weighted by Gasteiger charge is -2.11. The fourth-order valence-electron chi connectivity index (χ4n) is 3.75. The summed E-state index contributed by atoms with van der Waals surface area (Å²) in [7, 11) is 0. The highest BCUT2D eigenvalue weighted by atomic mass is 127. The van der Waals surface area contributed by atoms with Crippen LogP contribution in [-0.4, -0.2) is 15.9 Å². The van der Waals surface area contributed by atoms with Gasteiger partial charge in [-0.3, -0.25) is 4.79 Å². The minimum Gasteiger partial charge on any atom is -0.488 e. The summed E-state index contributed by atoms with van der Waals surface area (Å²) in [5.74, 6) is 1.18. The molecule has 0 fully saturated rings. The van der Waals surface area contributed by atoms with E-state index in [0.717, 1.165) is 20.3 Å². The molecule has 36 heavy (non-hydrogen) atoms. The average molecular weight is 582 g/mol. The summed E-state index contributed by atoms with van der Waals surface area (Å²) in [6, 6.07) is 32.0. The Morgan fingerprint density at radius 2 is 1.72 bits per heavy atom. The average Bonchev–Trinajstić information content (AvgIpc) is 2.92. The van der Waals surface area contributed by atoms with Crippen molar-refractivity contribution < 1.29 is 4.74 Å². The molecule has 0 spiro atoms. The Morgan fingerprint density at radius 1 is 0.972 bits per heavy atom. The van der Waals surface area contributed by atoms with Gasteiger partial charge in [-0.15, -0.1) is 0 Å². The molecule has 1 aromatic heterocycles. The van der Waals surface area contributed by atoms with Crippen LogP contribution < -0.4 is 10.3 Å². The number of aromatic nitrogens is 2. The zero-order valence-corrected chi connectivity index (χ0v) is 21.2. The van der Waals surface area contributed by atoms with Gasteiger partial charge in [-0.25, -0.2) is 4.98 Å². The van der Waals surface area contributed by atoms with Crippen LogP contribution in [0.25, 0.3) is 22.3 Å². The third-order valence-electron chi connectivity index (χ3n) is 5.58. The van der Waals surface area contributed by atoms with Gasteiger partial charge in [-0.1, -0.05) is 60.7 Å². The van der Waals surface area contributed by atoms with Gasteiger partial charge < -0.3 is 4.74 Å². The second-order valence-corrected chi connectivity index (χ2v) is 9.09. The summed E-state index contributed by atoms with van der Waals surface area (Å²) < 4.78 is 8.19. The summed E-state index contributed by atoms with van der Waals surface area (Å²) in [4.78, 5) is 18.0. The van der Waals surface area contributed by atoms with Gasteiger partial charge in [0.15, 0.2) is 5.82 Å². The highest BCUT2D eigenvalue weighted by Crippen LogP contribution is 2.24. The van der Waals surface area contributed by atoms with E-state index < -0.39 is 0 Å². The van der Waals surface area contributed by atoms with E-state index in [0.29, 0.717) is 34.6 Å². The van der Waals surface area contributed by atoms with Crippen molar-refractivity contribution in [1.82, 2.24) is 9.66 Å². The highest BCUT2D eigenvalue weighted by molar-refractivity contribution is 14.1. The van der Waals surface area contributed by atoms with Crippen LogP contribution in [0.1, 0.15) is 16.7 Å². The molecule has 5 aromatic rings. The van der Waals surface area contributed by atoms with Gasteiger partial charge in [0, 0.05) is 11.1 Å². The van der Waals surface area contributed by atoms with E-state index in [9.17, 15) is 10.1 Å². The molecule has 0 aliphatic rings. The minimum atomic E-state index is -0.235. The molecule has 0 saturated heterocycles. The largest absolute Gasteiger partial charge is 0.488 e. The number of rotatable bonds is 6. The molecule has 0 N–H and O–H groups in total. The third-order valence-corrected chi connectivity index (χ3v) is 6.43. The predicted octanol–water partition coefficient (Wildman–Crippen LogP) is 6.00. The summed E-state index contributed by atoms with van der Waals surface area (Å²) in [5, 5.41) is 14.3. The molecular formula is C29H19IN4O2. The topological polar surface area (TPSA) is 80.3 Å². The summed E-state index contributed by atoms with van der Waals surface area (Å²) >= 11 is 2.20. The third kappa shape index (κ3) is 4.90. The van der Waals surface area contributed by atoms with Gasteiger partial charge in [-0.05, 0) is 64.6 Å². The van der Waals surface area contributed by atoms with Crippen LogP contribution in [0.15, 0.2) is 107 Å². The molecular weight excluding hydrogens is 563 g/mol. The molecule has 0 amide bonds. The number of nitrogens with zero attached hydrogens (tertiary/aromatic N) is 4. The van der Waals surface area contributed by atoms with Gasteiger partial charge in [0.05, 0.1) is 32.3 Å². The van der Waals surface area contributed by atoms with Crippen molar-refractivity contribution in [1.29, 1.82) is 5.26 Å². The number of nitriles is 1. The number of hydrogen-bond acceptors (Lipinski definition) is 5. The fraction of sp³-hybridized carbons (Fsp3) is 0.0345. The lowest BCUT2D eigenvalue weighted by molar-refractivity contribution is 0.303. The first kappa shape index (κ1) is 23.5. The molecule has 0 bridgehead atoms. The van der Waals surface area contributed by atoms with Crippen molar-refractivity contribution in [3.05, 3.63) is 128 Å². The van der Waals surface area contributed by atoms with E-state index in [1.807, 2.05) is 84.9 Å². The Balaban J connectivity index is 1.46. The van der Waals surface area contributed by atoms with E-state index >= 15 is 0 Å². The van der Waals surface area contributed by atoms with E-state index in [1.54, 1.807) is 18.3 Å². The zero-order valence-electron chi connectivity index (χ0n) is 19.0. The number of hydrogen-bond donors (Lipinski definition) is 0. The monoisotopic (exact) mass is 582 g/mol. The number of ether oxygens (including phenoxy) is 1. The molecule has 0 atom stereocenters. The molecule has 0 aliphatic carbocycles. The van der Waals surface area contributed by atoms with Crippen LogP contribution in [0.4, 0.5) is 0 Å². The Morgan fingerprint density at radius 3 is 2.53 bits per heavy atom. The molecule has 0 saturated carbocycles. The van der Waals surface area contributed by atoms with E-state index in [1.165, 1.54) is 4.68 Å². The lowest BCUT2D eigenvalue weighted by atomic mass is 10.1. The molecule has 174 valence electrons. The maximum atomic E-state index is 13.3. The van der Waals surface area contributed by atoms with Gasteiger partial charge >= 0.3 is 0 Å². The van der Waals surface area contributed by atoms with Crippen molar-refractivity contribution in [2.75, 3.05) is 0 Å². The first-order valence-electron chi connectivity index (χ1n) is 11.2. The second kappa shape index (κ2) is 10.5. The molecule has 0 aliphatic heterocycles. The fourth-order valence-corrected chi connectivity index (χ4v) is 4.45. The van der Waals surface area contributed by atoms with Crippen molar-refractivity contribution in [3.63, 3.8) is 0 Å². The summed E-state index contributed by atoms with van der Waals surface area (Å²) in [6.45, 7) is 0.297. The maximum absolute atomic E-state index is 13.3. The van der Waals surface area contributed by atoms with E-state index in [2.05, 4.69) is 33.8 Å². The lowest BCUT2D eigenvalue weighted by Crippen LogP contribution is -2.20. The van der Waals surface area contributed by atoms with Crippen molar-refractivity contribution >= 4 is 39.7 Å². The number of fused-ring (bicyclic) bond motifs is 1. The van der Waals surface area contributed by atoms with Crippen molar-refractivity contribution in [3.8, 4) is 23.2 Å². The minimum absolute atomic E-state index is 0.235. The molecule has 4 aromatic carbocycles. The second-order valence-electron chi connectivity index (χ2n) is 7.93. The van der Waals surface area contributed by atoms with Crippen LogP contribution in [0, 0.1) is 14.9 Å². The Hall–Kier alpha value is -4.29. The summed E-state index contributed by atoms with van der Waals surface area (Å²) in [5.41, 5.74) is 3.43. The standard InChI is InChI=1S/C29H19IN4O2/c30-25-16-20(14-15-27(25)36-19-23-11-5-4-10-22(23)17-31)18-32-34-28(21-8-2-1-3-9-21)33-26-13-7-6-12-24(26)29(34)35/h1-16,18H,19H2. The molecule has 6 nitrogen and oxygen atoms in total. The molecule has 0 unspecified atom stereocenters. The molecule has 5 rings (SSSR count). The number of benzene rings is 4. The van der Waals surface area contributed by atoms with Gasteiger partial charge in [-0.2, -0.15) is 15.0 Å². The predicted molar refractivity (Wildman–Crippen MR) is 149 cm³/mol. The van der Waals surface area contributed by atoms with Gasteiger partial charge in [0.2, 0.25) is 0 Å². The van der Waals surface area contributed by atoms with Crippen LogP contribution in [0.3, 0.4) is 0 Å². The van der Waals surface area contributed by atoms with E-state index in [-0.39, 0.29) is 5.56 Å². The van der Waals surface area contributed by atoms with Crippen LogP contribution in [-0.2, 0) is 6.61 Å². The van der Waals surface area contributed by atoms with Gasteiger partial charge in [0.1, 0.15) is 12.4 Å². The van der Waals surface area contributed by atoms with Crippen LogP contribution >= 0.6 is 22.6 Å². The first-order valence-corrected chi connectivity index (χ1v) is 12.2. The Kier molecular flexibility index (Phi) is 6.87. The molecule has 7 heteroatoms. The first-order chi connectivity index (χ1) is 17.6. The molecule has 1 heterocycles. The smallest absolute Gasteiger partial charge is 0.282 e. The van der Waals surface area contributed by atoms with Crippen molar-refractivity contribution in [2.24, 2.45) is 5.10 Å². The number of para-hydroxylation sites is 1. The zero-order chi connectivity index (χ0) is 24.9. The van der Waals surface area contributed by atoms with Crippen LogP contribution in [0.5, 0.6) is 5.75 Å². The number of halogens is 1. The Bertz CT molecular complexity index is 1690. The van der Waals surface area contributed by atoms with Crippen LogP contribution in [0.2, 0.25) is 0 Å². The highest BCUT2D eigenvalue weighted by Gasteiger charge is 2.12. The molecule has 0 radical (unpaired) electrons. The SMILES string of the molecule is N#Cc1ccccc1COc1ccc(C=Nn2c(-c3ccccc3)nc3ccccc3c2=O)cc1I. The maximum Gasteiger partial charge on any atom is 0.282 e. The quantitative estimate of drug-likeness (QED) is 0.182. The van der Waals surface area contributed by atoms with E-state index in [4.69, 9.17) is 9.72 Å². The van der Waals surface area contributed by atoms with Gasteiger partial charge in [0.25, 0.3) is 5.56 Å². The van der Waals surface area contributed by atoms with Crippen molar-refractivity contribution in [2.45, 2.75) is 6.61 Å². The normalized spacial score (nSPS) is 11.0.